The number of amides is 1. The number of hydrogen-bond donors (Lipinski definition) is 1. The van der Waals surface area contributed by atoms with Crippen LogP contribution in [0.1, 0.15) is 0 Å². The minimum atomic E-state index is -3.82. The maximum atomic E-state index is 13.1. The Morgan fingerprint density at radius 1 is 1.21 bits per heavy atom. The number of carbonyl (C=O) groups excluding carboxylic acids is 1. The normalized spacial score (nSPS) is 11.3. The molecule has 24 heavy (non-hydrogen) atoms. The molecule has 0 saturated carbocycles. The van der Waals surface area contributed by atoms with Crippen LogP contribution in [0.4, 0.5) is 10.1 Å². The molecule has 0 spiro atoms. The molecule has 2 rings (SSSR count). The molecule has 0 aliphatic carbocycles. The summed E-state index contributed by atoms with van der Waals surface area (Å²) < 4.78 is 43.8. The number of nitrogens with zero attached hydrogens (tertiary/aromatic N) is 1. The highest BCUT2D eigenvalue weighted by Gasteiger charge is 2.23. The molecule has 0 aliphatic rings. The number of benzene rings is 2. The molecule has 1 amide bonds. The van der Waals surface area contributed by atoms with E-state index in [1.807, 2.05) is 0 Å². The van der Waals surface area contributed by atoms with Gasteiger partial charge in [-0.25, -0.2) is 12.8 Å². The zero-order valence-corrected chi connectivity index (χ0v) is 14.0. The Bertz CT molecular complexity index is 822. The minimum Gasteiger partial charge on any atom is -0.497 e. The summed E-state index contributed by atoms with van der Waals surface area (Å²) >= 11 is 0. The van der Waals surface area contributed by atoms with Gasteiger partial charge >= 0.3 is 0 Å². The van der Waals surface area contributed by atoms with Gasteiger partial charge in [-0.2, -0.15) is 4.31 Å². The highest BCUT2D eigenvalue weighted by Crippen LogP contribution is 2.18. The van der Waals surface area contributed by atoms with E-state index in [4.69, 9.17) is 4.74 Å². The van der Waals surface area contributed by atoms with Crippen molar-refractivity contribution in [1.82, 2.24) is 4.31 Å². The third-order valence-corrected chi connectivity index (χ3v) is 5.06. The summed E-state index contributed by atoms with van der Waals surface area (Å²) in [5, 5.41) is 2.45. The van der Waals surface area contributed by atoms with Gasteiger partial charge in [0.1, 0.15) is 11.6 Å². The molecule has 0 atom stereocenters. The van der Waals surface area contributed by atoms with Crippen LogP contribution >= 0.6 is 0 Å². The Hall–Kier alpha value is -2.45. The van der Waals surface area contributed by atoms with Gasteiger partial charge in [-0.3, -0.25) is 4.79 Å². The smallest absolute Gasteiger partial charge is 0.243 e. The number of hydrogen-bond acceptors (Lipinski definition) is 4. The zero-order valence-electron chi connectivity index (χ0n) is 13.2. The Labute approximate surface area is 139 Å². The summed E-state index contributed by atoms with van der Waals surface area (Å²) in [7, 11) is -1.04. The second-order valence-corrected chi connectivity index (χ2v) is 7.04. The van der Waals surface area contributed by atoms with Crippen molar-refractivity contribution in [2.75, 3.05) is 26.0 Å². The van der Waals surface area contributed by atoms with Crippen LogP contribution in [-0.2, 0) is 14.8 Å². The van der Waals surface area contributed by atoms with Crippen molar-refractivity contribution in [2.45, 2.75) is 4.90 Å². The van der Waals surface area contributed by atoms with Crippen LogP contribution in [0.5, 0.6) is 5.75 Å². The summed E-state index contributed by atoms with van der Waals surface area (Å²) in [4.78, 5) is 12.0. The van der Waals surface area contributed by atoms with E-state index in [0.717, 1.165) is 10.4 Å². The van der Waals surface area contributed by atoms with E-state index in [2.05, 4.69) is 5.32 Å². The molecule has 2 aromatic carbocycles. The number of rotatable bonds is 6. The van der Waals surface area contributed by atoms with E-state index in [9.17, 15) is 17.6 Å². The van der Waals surface area contributed by atoms with Gasteiger partial charge < -0.3 is 10.1 Å². The zero-order chi connectivity index (χ0) is 17.7. The van der Waals surface area contributed by atoms with E-state index >= 15 is 0 Å². The van der Waals surface area contributed by atoms with Crippen molar-refractivity contribution >= 4 is 21.6 Å². The van der Waals surface area contributed by atoms with Crippen LogP contribution in [0.15, 0.2) is 53.4 Å². The van der Waals surface area contributed by atoms with E-state index in [1.165, 1.54) is 56.6 Å². The van der Waals surface area contributed by atoms with E-state index < -0.39 is 28.3 Å². The largest absolute Gasteiger partial charge is 0.497 e. The number of anilines is 1. The first-order valence-electron chi connectivity index (χ1n) is 6.99. The van der Waals surface area contributed by atoms with Crippen LogP contribution in [0, 0.1) is 5.82 Å². The molecule has 0 fully saturated rings. The molecule has 0 heterocycles. The fourth-order valence-corrected chi connectivity index (χ4v) is 3.11. The highest BCUT2D eigenvalue weighted by molar-refractivity contribution is 7.89. The van der Waals surface area contributed by atoms with Crippen molar-refractivity contribution in [2.24, 2.45) is 0 Å². The number of sulfonamides is 1. The lowest BCUT2D eigenvalue weighted by Gasteiger charge is -2.17. The number of carbonyl (C=O) groups is 1. The Balaban J connectivity index is 2.06. The lowest BCUT2D eigenvalue weighted by Crippen LogP contribution is -2.34. The number of likely N-dealkylation sites (N-methyl/N-ethyl adjacent to an activating group) is 1. The minimum absolute atomic E-state index is 0.0457. The maximum Gasteiger partial charge on any atom is 0.243 e. The molecule has 0 bridgehead atoms. The number of halogens is 1. The molecule has 128 valence electrons. The molecule has 0 radical (unpaired) electrons. The fraction of sp³-hybridized carbons (Fsp3) is 0.188. The molecule has 0 aliphatic heterocycles. The van der Waals surface area contributed by atoms with Crippen LogP contribution in [0.3, 0.4) is 0 Å². The SMILES string of the molecule is COc1ccc(S(=O)(=O)N(C)CC(=O)Nc2cccc(F)c2)cc1. The summed E-state index contributed by atoms with van der Waals surface area (Å²) in [6, 6.07) is 11.2. The van der Waals surface area contributed by atoms with E-state index in [1.54, 1.807) is 0 Å². The summed E-state index contributed by atoms with van der Waals surface area (Å²) in [5.74, 6) is -0.535. The first kappa shape index (κ1) is 17.9. The monoisotopic (exact) mass is 352 g/mol. The molecular formula is C16H17FN2O4S. The molecule has 0 unspecified atom stereocenters. The molecule has 0 saturated heterocycles. The average Bonchev–Trinajstić information content (AvgIpc) is 2.54. The van der Waals surface area contributed by atoms with Crippen LogP contribution in [-0.4, -0.2) is 39.3 Å². The van der Waals surface area contributed by atoms with Crippen LogP contribution in [0.25, 0.3) is 0 Å². The first-order chi connectivity index (χ1) is 11.3. The van der Waals surface area contributed by atoms with Crippen molar-refractivity contribution in [3.05, 3.63) is 54.3 Å². The lowest BCUT2D eigenvalue weighted by atomic mass is 10.3. The highest BCUT2D eigenvalue weighted by atomic mass is 32.2. The van der Waals surface area contributed by atoms with Crippen LogP contribution in [0.2, 0.25) is 0 Å². The predicted octanol–water partition coefficient (Wildman–Crippen LogP) is 2.09. The Morgan fingerprint density at radius 2 is 1.88 bits per heavy atom. The van der Waals surface area contributed by atoms with Gasteiger partial charge in [0.25, 0.3) is 0 Å². The quantitative estimate of drug-likeness (QED) is 0.864. The van der Waals surface area contributed by atoms with Crippen molar-refractivity contribution in [3.8, 4) is 5.75 Å². The van der Waals surface area contributed by atoms with Gasteiger partial charge in [-0.05, 0) is 42.5 Å². The third-order valence-electron chi connectivity index (χ3n) is 3.24. The lowest BCUT2D eigenvalue weighted by molar-refractivity contribution is -0.116. The summed E-state index contributed by atoms with van der Waals surface area (Å²) in [6.45, 7) is -0.398. The van der Waals surface area contributed by atoms with Gasteiger partial charge in [0.2, 0.25) is 15.9 Å². The van der Waals surface area contributed by atoms with E-state index in [0.29, 0.717) is 5.75 Å². The Morgan fingerprint density at radius 3 is 2.46 bits per heavy atom. The van der Waals surface area contributed by atoms with E-state index in [-0.39, 0.29) is 10.6 Å². The van der Waals surface area contributed by atoms with Gasteiger partial charge in [0.05, 0.1) is 18.6 Å². The predicted molar refractivity (Wildman–Crippen MR) is 87.8 cm³/mol. The van der Waals surface area contributed by atoms with Crippen molar-refractivity contribution < 1.29 is 22.3 Å². The number of methoxy groups -OCH3 is 1. The molecule has 6 nitrogen and oxygen atoms in total. The topological polar surface area (TPSA) is 75.7 Å². The average molecular weight is 352 g/mol. The molecule has 2 aromatic rings. The molecular weight excluding hydrogens is 335 g/mol. The summed E-state index contributed by atoms with van der Waals surface area (Å²) in [6.07, 6.45) is 0. The maximum absolute atomic E-state index is 13.1. The van der Waals surface area contributed by atoms with Crippen molar-refractivity contribution in [3.63, 3.8) is 0 Å². The number of nitrogens with one attached hydrogen (secondary N) is 1. The van der Waals surface area contributed by atoms with Gasteiger partial charge in [-0.15, -0.1) is 0 Å². The summed E-state index contributed by atoms with van der Waals surface area (Å²) in [5.41, 5.74) is 0.259. The molecule has 1 N–H and O–H groups in total. The second kappa shape index (κ2) is 7.41. The first-order valence-corrected chi connectivity index (χ1v) is 8.43. The Kier molecular flexibility index (Phi) is 5.53. The standard InChI is InChI=1S/C16H17FN2O4S/c1-19(11-16(20)18-13-5-3-4-12(17)10-13)24(21,22)15-8-6-14(23-2)7-9-15/h3-10H,11H2,1-2H3,(H,18,20). The second-order valence-electron chi connectivity index (χ2n) is 5.00. The molecule has 0 aromatic heterocycles. The van der Waals surface area contributed by atoms with Gasteiger partial charge in [0.15, 0.2) is 0 Å². The van der Waals surface area contributed by atoms with Crippen LogP contribution < -0.4 is 10.1 Å². The third kappa shape index (κ3) is 4.30. The van der Waals surface area contributed by atoms with Crippen molar-refractivity contribution in [1.29, 1.82) is 0 Å². The fourth-order valence-electron chi connectivity index (χ4n) is 1.98. The van der Waals surface area contributed by atoms with Gasteiger partial charge in [-0.1, -0.05) is 6.07 Å². The molecule has 8 heteroatoms. The number of ether oxygens (including phenoxy) is 1. The van der Waals surface area contributed by atoms with Gasteiger partial charge in [0, 0.05) is 12.7 Å².